The van der Waals surface area contributed by atoms with Crippen molar-refractivity contribution in [3.63, 3.8) is 0 Å². The Labute approximate surface area is 83.7 Å². The van der Waals surface area contributed by atoms with Crippen LogP contribution in [0.4, 0.5) is 0 Å². The van der Waals surface area contributed by atoms with Gasteiger partial charge in [0.25, 0.3) is 0 Å². The van der Waals surface area contributed by atoms with Crippen LogP contribution < -0.4 is 0 Å². The molecule has 0 aliphatic heterocycles. The summed E-state index contributed by atoms with van der Waals surface area (Å²) in [7, 11) is 0. The van der Waals surface area contributed by atoms with Gasteiger partial charge in [-0.3, -0.25) is 0 Å². The van der Waals surface area contributed by atoms with Crippen LogP contribution in [0.15, 0.2) is 33.8 Å². The molecular formula is C9H8BrNS. The minimum absolute atomic E-state index is 1.12. The number of benzene rings is 1. The van der Waals surface area contributed by atoms with Gasteiger partial charge in [-0.25, -0.2) is 0 Å². The number of hydrogen-bond donors (Lipinski definition) is 1. The largest absolute Gasteiger partial charge is 0.360 e. The van der Waals surface area contributed by atoms with Crippen molar-refractivity contribution in [2.24, 2.45) is 0 Å². The van der Waals surface area contributed by atoms with E-state index < -0.39 is 0 Å². The molecule has 1 heterocycles. The predicted molar refractivity (Wildman–Crippen MR) is 57.8 cm³/mol. The minimum Gasteiger partial charge on any atom is -0.360 e. The lowest BCUT2D eigenvalue weighted by atomic mass is 10.2. The first-order valence-corrected chi connectivity index (χ1v) is 5.63. The second-order valence-corrected chi connectivity index (χ2v) is 4.31. The Kier molecular flexibility index (Phi) is 2.15. The fourth-order valence-corrected chi connectivity index (χ4v) is 2.18. The number of fused-ring (bicyclic) bond motifs is 1. The maximum Gasteiger partial charge on any atom is 0.0476 e. The van der Waals surface area contributed by atoms with Gasteiger partial charge in [0.2, 0.25) is 0 Å². The summed E-state index contributed by atoms with van der Waals surface area (Å²) in [6, 6.07) is 6.28. The van der Waals surface area contributed by atoms with Crippen molar-refractivity contribution in [3.05, 3.63) is 28.9 Å². The fraction of sp³-hybridized carbons (Fsp3) is 0.111. The monoisotopic (exact) mass is 241 g/mol. The van der Waals surface area contributed by atoms with Gasteiger partial charge in [-0.1, -0.05) is 22.0 Å². The van der Waals surface area contributed by atoms with E-state index in [1.54, 1.807) is 11.8 Å². The molecule has 2 rings (SSSR count). The van der Waals surface area contributed by atoms with Crippen molar-refractivity contribution in [2.45, 2.75) is 4.90 Å². The van der Waals surface area contributed by atoms with E-state index in [1.807, 2.05) is 6.20 Å². The Morgan fingerprint density at radius 2 is 2.25 bits per heavy atom. The molecule has 2 aromatic rings. The summed E-state index contributed by atoms with van der Waals surface area (Å²) >= 11 is 5.20. The van der Waals surface area contributed by atoms with Gasteiger partial charge >= 0.3 is 0 Å². The molecule has 0 saturated carbocycles. The summed E-state index contributed by atoms with van der Waals surface area (Å²) in [6.45, 7) is 0. The van der Waals surface area contributed by atoms with Crippen molar-refractivity contribution in [1.82, 2.24) is 4.98 Å². The van der Waals surface area contributed by atoms with Crippen LogP contribution in [-0.2, 0) is 0 Å². The van der Waals surface area contributed by atoms with Gasteiger partial charge in [-0.15, -0.1) is 11.8 Å². The molecule has 3 heteroatoms. The lowest BCUT2D eigenvalue weighted by molar-refractivity contribution is 1.42. The number of thioether (sulfide) groups is 1. The van der Waals surface area contributed by atoms with E-state index >= 15 is 0 Å². The van der Waals surface area contributed by atoms with E-state index in [0.717, 1.165) is 4.47 Å². The van der Waals surface area contributed by atoms with Crippen LogP contribution in [-0.4, -0.2) is 11.2 Å². The molecule has 0 amide bonds. The van der Waals surface area contributed by atoms with Crippen LogP contribution in [0.5, 0.6) is 0 Å². The lowest BCUT2D eigenvalue weighted by Crippen LogP contribution is -1.68. The van der Waals surface area contributed by atoms with Crippen molar-refractivity contribution in [2.75, 3.05) is 6.26 Å². The molecule has 1 nitrogen and oxygen atoms in total. The molecule has 1 N–H and O–H groups in total. The normalized spacial score (nSPS) is 10.8. The third-order valence-electron chi connectivity index (χ3n) is 1.83. The van der Waals surface area contributed by atoms with Crippen molar-refractivity contribution < 1.29 is 0 Å². The van der Waals surface area contributed by atoms with Gasteiger partial charge in [0.1, 0.15) is 0 Å². The van der Waals surface area contributed by atoms with Crippen LogP contribution in [0.1, 0.15) is 0 Å². The van der Waals surface area contributed by atoms with Gasteiger partial charge in [-0.2, -0.15) is 0 Å². The van der Waals surface area contributed by atoms with Crippen molar-refractivity contribution >= 4 is 38.6 Å². The zero-order valence-electron chi connectivity index (χ0n) is 6.60. The van der Waals surface area contributed by atoms with Gasteiger partial charge in [0, 0.05) is 26.5 Å². The molecule has 0 spiro atoms. The zero-order chi connectivity index (χ0) is 8.55. The highest BCUT2D eigenvalue weighted by Gasteiger charge is 2.01. The van der Waals surface area contributed by atoms with Gasteiger partial charge < -0.3 is 4.98 Å². The fourth-order valence-electron chi connectivity index (χ4n) is 1.24. The van der Waals surface area contributed by atoms with E-state index in [2.05, 4.69) is 45.4 Å². The lowest BCUT2D eigenvalue weighted by Gasteiger charge is -1.93. The first kappa shape index (κ1) is 8.20. The minimum atomic E-state index is 1.12. The molecule has 0 fully saturated rings. The Balaban J connectivity index is 2.73. The highest BCUT2D eigenvalue weighted by atomic mass is 79.9. The van der Waals surface area contributed by atoms with Gasteiger partial charge in [0.15, 0.2) is 0 Å². The molecule has 0 bridgehead atoms. The maximum atomic E-state index is 3.44. The van der Waals surface area contributed by atoms with Crippen molar-refractivity contribution in [1.29, 1.82) is 0 Å². The van der Waals surface area contributed by atoms with E-state index in [-0.39, 0.29) is 0 Å². The molecule has 1 aromatic carbocycles. The van der Waals surface area contributed by atoms with Gasteiger partial charge in [-0.05, 0) is 18.4 Å². The smallest absolute Gasteiger partial charge is 0.0476 e. The van der Waals surface area contributed by atoms with Crippen LogP contribution in [0.25, 0.3) is 10.9 Å². The third-order valence-corrected chi connectivity index (χ3v) is 3.10. The first-order valence-electron chi connectivity index (χ1n) is 3.62. The highest BCUT2D eigenvalue weighted by molar-refractivity contribution is 9.10. The average molecular weight is 242 g/mol. The zero-order valence-corrected chi connectivity index (χ0v) is 9.00. The van der Waals surface area contributed by atoms with Crippen LogP contribution in [0.3, 0.4) is 0 Å². The van der Waals surface area contributed by atoms with Crippen LogP contribution >= 0.6 is 27.7 Å². The Bertz CT molecular complexity index is 408. The predicted octanol–water partition coefficient (Wildman–Crippen LogP) is 3.65. The summed E-state index contributed by atoms with van der Waals surface area (Å²) in [5.74, 6) is 0. The molecule has 0 aliphatic carbocycles. The number of hydrogen-bond acceptors (Lipinski definition) is 1. The summed E-state index contributed by atoms with van der Waals surface area (Å²) in [6.07, 6.45) is 4.13. The first-order chi connectivity index (χ1) is 5.81. The molecule has 1 aromatic heterocycles. The summed E-state index contributed by atoms with van der Waals surface area (Å²) in [5.41, 5.74) is 1.19. The third kappa shape index (κ3) is 1.27. The Hall–Kier alpha value is -0.410. The van der Waals surface area contributed by atoms with E-state index in [9.17, 15) is 0 Å². The summed E-state index contributed by atoms with van der Waals surface area (Å²) < 4.78 is 1.12. The Morgan fingerprint density at radius 1 is 1.42 bits per heavy atom. The van der Waals surface area contributed by atoms with Gasteiger partial charge in [0.05, 0.1) is 0 Å². The average Bonchev–Trinajstić information content (AvgIpc) is 2.46. The molecule has 62 valence electrons. The summed E-state index contributed by atoms with van der Waals surface area (Å²) in [5, 5.41) is 1.30. The SMILES string of the molecule is CSc1c[nH]c2cc(Br)ccc12. The molecule has 0 saturated heterocycles. The maximum absolute atomic E-state index is 3.44. The second kappa shape index (κ2) is 3.15. The molecule has 0 aliphatic rings. The van der Waals surface area contributed by atoms with Crippen LogP contribution in [0.2, 0.25) is 0 Å². The molecule has 0 radical (unpaired) electrons. The number of halogens is 1. The van der Waals surface area contributed by atoms with E-state index in [4.69, 9.17) is 0 Å². The molecular weight excluding hydrogens is 234 g/mol. The van der Waals surface area contributed by atoms with E-state index in [0.29, 0.717) is 0 Å². The number of aromatic nitrogens is 1. The molecule has 0 atom stereocenters. The molecule has 12 heavy (non-hydrogen) atoms. The van der Waals surface area contributed by atoms with Crippen LogP contribution in [0, 0.1) is 0 Å². The van der Waals surface area contributed by atoms with E-state index in [1.165, 1.54) is 15.8 Å². The standard InChI is InChI=1S/C9H8BrNS/c1-12-9-5-11-8-4-6(10)2-3-7(8)9/h2-5,11H,1H3. The quantitative estimate of drug-likeness (QED) is 0.754. The number of H-pyrrole nitrogens is 1. The molecule has 0 unspecified atom stereocenters. The number of nitrogens with one attached hydrogen (secondary N) is 1. The Morgan fingerprint density at radius 3 is 3.00 bits per heavy atom. The summed E-state index contributed by atoms with van der Waals surface area (Å²) in [4.78, 5) is 4.53. The highest BCUT2D eigenvalue weighted by Crippen LogP contribution is 2.27. The topological polar surface area (TPSA) is 15.8 Å². The van der Waals surface area contributed by atoms with Crippen molar-refractivity contribution in [3.8, 4) is 0 Å². The second-order valence-electron chi connectivity index (χ2n) is 2.55. The number of aromatic amines is 1. The number of rotatable bonds is 1.